The molecule has 0 amide bonds. The Bertz CT molecular complexity index is 635. The Morgan fingerprint density at radius 1 is 0.955 bits per heavy atom. The molecule has 0 aliphatic heterocycles. The van der Waals surface area contributed by atoms with Gasteiger partial charge in [0.2, 0.25) is 0 Å². The van der Waals surface area contributed by atoms with E-state index in [2.05, 4.69) is 12.6 Å². The Morgan fingerprint density at radius 2 is 1.50 bits per heavy atom. The minimum atomic E-state index is -3.35. The third-order valence-electron chi connectivity index (χ3n) is 3.28. The van der Waals surface area contributed by atoms with Crippen molar-refractivity contribution in [1.82, 2.24) is 0 Å². The van der Waals surface area contributed by atoms with E-state index in [1.807, 2.05) is 68.4 Å². The fourth-order valence-electron chi connectivity index (χ4n) is 2.43. The Morgan fingerprint density at radius 3 is 2.05 bits per heavy atom. The van der Waals surface area contributed by atoms with Gasteiger partial charge in [0, 0.05) is 4.90 Å². The molecule has 5 heteroatoms. The molecule has 0 fully saturated rings. The summed E-state index contributed by atoms with van der Waals surface area (Å²) >= 11 is 4.52. The molecule has 118 valence electrons. The number of thiol groups is 1. The van der Waals surface area contributed by atoms with Crippen molar-refractivity contribution in [3.8, 4) is 0 Å². The van der Waals surface area contributed by atoms with Crippen LogP contribution in [0.15, 0.2) is 59.5 Å². The quantitative estimate of drug-likeness (QED) is 0.548. The molecule has 2 aromatic rings. The van der Waals surface area contributed by atoms with Crippen molar-refractivity contribution in [3.63, 3.8) is 0 Å². The van der Waals surface area contributed by atoms with Crippen LogP contribution in [0.1, 0.15) is 30.6 Å². The van der Waals surface area contributed by atoms with Gasteiger partial charge in [-0.3, -0.25) is 4.57 Å². The van der Waals surface area contributed by atoms with Gasteiger partial charge in [-0.05, 0) is 31.0 Å². The van der Waals surface area contributed by atoms with Crippen LogP contribution in [-0.4, -0.2) is 13.2 Å². The molecule has 0 N–H and O–H groups in total. The normalized spacial score (nSPS) is 13.0. The Balaban J connectivity index is 2.60. The maximum absolute atomic E-state index is 13.4. The Labute approximate surface area is 137 Å². The van der Waals surface area contributed by atoms with E-state index >= 15 is 0 Å². The van der Waals surface area contributed by atoms with E-state index in [-0.39, 0.29) is 0 Å². The first kappa shape index (κ1) is 17.3. The Hall–Kier alpha value is -1.06. The lowest BCUT2D eigenvalue weighted by Gasteiger charge is -2.27. The van der Waals surface area contributed by atoms with Crippen LogP contribution in [0.3, 0.4) is 0 Å². The lowest BCUT2D eigenvalue weighted by Crippen LogP contribution is -2.09. The highest BCUT2D eigenvalue weighted by molar-refractivity contribution is 7.80. The molecule has 1 atom stereocenters. The van der Waals surface area contributed by atoms with Crippen molar-refractivity contribution < 1.29 is 13.6 Å². The summed E-state index contributed by atoms with van der Waals surface area (Å²) in [7, 11) is -3.35. The average Bonchev–Trinajstić information content (AvgIpc) is 2.51. The molecule has 22 heavy (non-hydrogen) atoms. The molecule has 0 heterocycles. The van der Waals surface area contributed by atoms with Gasteiger partial charge in [-0.15, -0.1) is 12.6 Å². The van der Waals surface area contributed by atoms with E-state index < -0.39 is 13.3 Å². The number of rotatable bonds is 7. The monoisotopic (exact) mass is 336 g/mol. The van der Waals surface area contributed by atoms with Crippen LogP contribution in [0.2, 0.25) is 0 Å². The first-order chi connectivity index (χ1) is 10.6. The average molecular weight is 336 g/mol. The molecule has 3 nitrogen and oxygen atoms in total. The van der Waals surface area contributed by atoms with E-state index in [0.29, 0.717) is 13.2 Å². The summed E-state index contributed by atoms with van der Waals surface area (Å²) in [5.41, 5.74) is 1.26. The molecule has 2 aromatic carbocycles. The summed E-state index contributed by atoms with van der Waals surface area (Å²) in [5.74, 6) is 0. The second-order valence-corrected chi connectivity index (χ2v) is 7.34. The summed E-state index contributed by atoms with van der Waals surface area (Å²) in [5, 5.41) is 0. The summed E-state index contributed by atoms with van der Waals surface area (Å²) in [6.45, 7) is 4.30. The van der Waals surface area contributed by atoms with Crippen molar-refractivity contribution in [3.05, 3.63) is 65.7 Å². The van der Waals surface area contributed by atoms with Gasteiger partial charge in [0.05, 0.1) is 13.2 Å². The molecule has 0 aromatic heterocycles. The molecule has 0 spiro atoms. The van der Waals surface area contributed by atoms with Gasteiger partial charge in [-0.1, -0.05) is 48.5 Å². The summed E-state index contributed by atoms with van der Waals surface area (Å²) in [6, 6.07) is 17.3. The van der Waals surface area contributed by atoms with Gasteiger partial charge < -0.3 is 9.05 Å². The second kappa shape index (κ2) is 7.98. The second-order valence-electron chi connectivity index (χ2n) is 4.75. The molecule has 0 saturated carbocycles. The largest absolute Gasteiger partial charge is 0.342 e. The third-order valence-corrected chi connectivity index (χ3v) is 6.13. The smallest absolute Gasteiger partial charge is 0.308 e. The molecule has 0 aliphatic rings. The maximum Gasteiger partial charge on any atom is 0.342 e. The van der Waals surface area contributed by atoms with Gasteiger partial charge in [-0.25, -0.2) is 0 Å². The van der Waals surface area contributed by atoms with Crippen LogP contribution in [0, 0.1) is 0 Å². The van der Waals surface area contributed by atoms with Crippen LogP contribution in [-0.2, 0) is 13.6 Å². The van der Waals surface area contributed by atoms with E-state index in [1.165, 1.54) is 0 Å². The number of hydrogen-bond acceptors (Lipinski definition) is 4. The highest BCUT2D eigenvalue weighted by Gasteiger charge is 2.38. The third kappa shape index (κ3) is 3.82. The SMILES string of the molecule is CCOP(=O)(OCC)C(c1ccccc1)c1ccccc1S. The minimum Gasteiger partial charge on any atom is -0.308 e. The van der Waals surface area contributed by atoms with Crippen molar-refractivity contribution >= 4 is 20.2 Å². The molecule has 0 aliphatic carbocycles. The zero-order chi connectivity index (χ0) is 16.0. The summed E-state index contributed by atoms with van der Waals surface area (Å²) in [6.07, 6.45) is 0. The first-order valence-electron chi connectivity index (χ1n) is 7.34. The van der Waals surface area contributed by atoms with Crippen LogP contribution < -0.4 is 0 Å². The molecular formula is C17H21O3PS. The van der Waals surface area contributed by atoms with Gasteiger partial charge in [0.25, 0.3) is 0 Å². The molecule has 1 unspecified atom stereocenters. The highest BCUT2D eigenvalue weighted by atomic mass is 32.1. The van der Waals surface area contributed by atoms with Crippen LogP contribution in [0.4, 0.5) is 0 Å². The zero-order valence-corrected chi connectivity index (χ0v) is 14.6. The molecule has 2 rings (SSSR count). The van der Waals surface area contributed by atoms with Gasteiger partial charge >= 0.3 is 7.60 Å². The van der Waals surface area contributed by atoms with Crippen molar-refractivity contribution in [2.45, 2.75) is 24.4 Å². The van der Waals surface area contributed by atoms with Crippen LogP contribution in [0.5, 0.6) is 0 Å². The predicted molar refractivity (Wildman–Crippen MR) is 92.8 cm³/mol. The first-order valence-corrected chi connectivity index (χ1v) is 9.40. The topological polar surface area (TPSA) is 35.5 Å². The van der Waals surface area contributed by atoms with Gasteiger partial charge in [0.15, 0.2) is 0 Å². The fourth-order valence-corrected chi connectivity index (χ4v) is 5.02. The van der Waals surface area contributed by atoms with Crippen molar-refractivity contribution in [2.24, 2.45) is 0 Å². The predicted octanol–water partition coefficient (Wildman–Crippen LogP) is 5.33. The zero-order valence-electron chi connectivity index (χ0n) is 12.8. The van der Waals surface area contributed by atoms with Crippen molar-refractivity contribution in [1.29, 1.82) is 0 Å². The summed E-state index contributed by atoms with van der Waals surface area (Å²) in [4.78, 5) is 0.774. The van der Waals surface area contributed by atoms with Crippen LogP contribution >= 0.6 is 20.2 Å². The lowest BCUT2D eigenvalue weighted by atomic mass is 10.0. The highest BCUT2D eigenvalue weighted by Crippen LogP contribution is 2.64. The van der Waals surface area contributed by atoms with E-state index in [1.54, 1.807) is 0 Å². The summed E-state index contributed by atoms with van der Waals surface area (Å²) < 4.78 is 24.6. The maximum atomic E-state index is 13.4. The van der Waals surface area contributed by atoms with E-state index in [4.69, 9.17) is 9.05 Å². The lowest BCUT2D eigenvalue weighted by molar-refractivity contribution is 0.215. The standard InChI is InChI=1S/C17H21O3PS/c1-3-19-21(18,20-4-2)17(14-10-6-5-7-11-14)15-12-8-9-13-16(15)22/h5-13,17,22H,3-4H2,1-2H3. The van der Waals surface area contributed by atoms with Crippen LogP contribution in [0.25, 0.3) is 0 Å². The van der Waals surface area contributed by atoms with E-state index in [9.17, 15) is 4.57 Å². The Kier molecular flexibility index (Phi) is 6.27. The minimum absolute atomic E-state index is 0.329. The fraction of sp³-hybridized carbons (Fsp3) is 0.294. The van der Waals surface area contributed by atoms with E-state index in [0.717, 1.165) is 16.0 Å². The van der Waals surface area contributed by atoms with Gasteiger partial charge in [0.1, 0.15) is 5.66 Å². The van der Waals surface area contributed by atoms with Gasteiger partial charge in [-0.2, -0.15) is 0 Å². The molecule has 0 radical (unpaired) electrons. The number of benzene rings is 2. The van der Waals surface area contributed by atoms with Crippen molar-refractivity contribution in [2.75, 3.05) is 13.2 Å². The molecule has 0 bridgehead atoms. The molecular weight excluding hydrogens is 315 g/mol. The molecule has 0 saturated heterocycles. The number of hydrogen-bond donors (Lipinski definition) is 1.